The van der Waals surface area contributed by atoms with Gasteiger partial charge in [-0.15, -0.1) is 12.4 Å². The van der Waals surface area contributed by atoms with Crippen molar-refractivity contribution in [1.82, 2.24) is 5.32 Å². The zero-order chi connectivity index (χ0) is 17.2. The van der Waals surface area contributed by atoms with E-state index in [1.54, 1.807) is 0 Å². The maximum absolute atomic E-state index is 6.28. The summed E-state index contributed by atoms with van der Waals surface area (Å²) in [5.41, 5.74) is 2.01. The van der Waals surface area contributed by atoms with Crippen LogP contribution in [-0.4, -0.2) is 6.79 Å². The molecule has 1 aromatic heterocycles. The second-order valence-corrected chi connectivity index (χ2v) is 7.00. The van der Waals surface area contributed by atoms with Gasteiger partial charge in [-0.2, -0.15) is 0 Å². The lowest BCUT2D eigenvalue weighted by atomic mass is 10.2. The Bertz CT molecular complexity index is 914. The molecule has 2 heterocycles. The minimum absolute atomic E-state index is 0. The highest BCUT2D eigenvalue weighted by atomic mass is 79.9. The molecule has 0 fully saturated rings. The third-order valence-electron chi connectivity index (χ3n) is 3.92. The van der Waals surface area contributed by atoms with E-state index in [4.69, 9.17) is 25.5 Å². The zero-order valence-electron chi connectivity index (χ0n) is 13.6. The smallest absolute Gasteiger partial charge is 0.231 e. The van der Waals surface area contributed by atoms with E-state index in [1.807, 2.05) is 48.5 Å². The van der Waals surface area contributed by atoms with Crippen molar-refractivity contribution in [1.29, 1.82) is 0 Å². The SMILES string of the molecule is Cl.Clc1cc(Br)ccc1-c1ccc(CNCc2ccc3c(c2)OCO3)o1. The number of hydrogen-bond donors (Lipinski definition) is 1. The van der Waals surface area contributed by atoms with Crippen molar-refractivity contribution in [2.45, 2.75) is 13.1 Å². The van der Waals surface area contributed by atoms with Crippen molar-refractivity contribution in [3.8, 4) is 22.8 Å². The lowest BCUT2D eigenvalue weighted by Gasteiger charge is -2.05. The molecule has 0 atom stereocenters. The Morgan fingerprint density at radius 2 is 1.81 bits per heavy atom. The van der Waals surface area contributed by atoms with Crippen molar-refractivity contribution in [3.63, 3.8) is 0 Å². The van der Waals surface area contributed by atoms with Crippen LogP contribution in [0.4, 0.5) is 0 Å². The van der Waals surface area contributed by atoms with Crippen LogP contribution < -0.4 is 14.8 Å². The van der Waals surface area contributed by atoms with E-state index in [1.165, 1.54) is 0 Å². The van der Waals surface area contributed by atoms with Gasteiger partial charge in [0.1, 0.15) is 11.5 Å². The first kappa shape index (κ1) is 19.1. The molecule has 4 rings (SSSR count). The summed E-state index contributed by atoms with van der Waals surface area (Å²) in [5.74, 6) is 3.21. The van der Waals surface area contributed by atoms with Gasteiger partial charge in [0.2, 0.25) is 6.79 Å². The topological polar surface area (TPSA) is 43.6 Å². The molecule has 1 aliphatic heterocycles. The molecule has 0 unspecified atom stereocenters. The van der Waals surface area contributed by atoms with Gasteiger partial charge in [-0.1, -0.05) is 33.6 Å². The van der Waals surface area contributed by atoms with Crippen molar-refractivity contribution in [2.24, 2.45) is 0 Å². The van der Waals surface area contributed by atoms with Gasteiger partial charge in [0, 0.05) is 16.6 Å². The van der Waals surface area contributed by atoms with Crippen LogP contribution >= 0.6 is 39.9 Å². The first-order chi connectivity index (χ1) is 12.2. The number of benzene rings is 2. The Balaban J connectivity index is 0.00000196. The van der Waals surface area contributed by atoms with E-state index in [0.717, 1.165) is 38.6 Å². The number of fused-ring (bicyclic) bond motifs is 1. The number of nitrogens with one attached hydrogen (secondary N) is 1. The largest absolute Gasteiger partial charge is 0.460 e. The van der Waals surface area contributed by atoms with Crippen molar-refractivity contribution in [2.75, 3.05) is 6.79 Å². The molecule has 0 bridgehead atoms. The van der Waals surface area contributed by atoms with Crippen LogP contribution in [0.2, 0.25) is 5.02 Å². The minimum Gasteiger partial charge on any atom is -0.460 e. The van der Waals surface area contributed by atoms with E-state index < -0.39 is 0 Å². The Kier molecular flexibility index (Phi) is 6.14. The molecule has 3 aromatic rings. The first-order valence-corrected chi connectivity index (χ1v) is 8.99. The summed E-state index contributed by atoms with van der Waals surface area (Å²) in [5, 5.41) is 4.02. The first-order valence-electron chi connectivity index (χ1n) is 7.82. The standard InChI is InChI=1S/C19H15BrClNO3.ClH/c20-13-2-4-15(16(21)8-13)17-6-3-14(25-17)10-22-9-12-1-5-18-19(7-12)24-11-23-18;/h1-8,22H,9-11H2;1H. The van der Waals surface area contributed by atoms with Crippen molar-refractivity contribution in [3.05, 3.63) is 69.3 Å². The predicted molar refractivity (Wildman–Crippen MR) is 107 cm³/mol. The average molecular weight is 457 g/mol. The van der Waals surface area contributed by atoms with Gasteiger partial charge < -0.3 is 19.2 Å². The summed E-state index contributed by atoms with van der Waals surface area (Å²) in [6, 6.07) is 15.6. The van der Waals surface area contributed by atoms with E-state index in [-0.39, 0.29) is 12.4 Å². The Morgan fingerprint density at radius 1 is 0.962 bits per heavy atom. The molecular weight excluding hydrogens is 441 g/mol. The summed E-state index contributed by atoms with van der Waals surface area (Å²) >= 11 is 9.68. The summed E-state index contributed by atoms with van der Waals surface area (Å²) < 4.78 is 17.5. The Morgan fingerprint density at radius 3 is 2.65 bits per heavy atom. The summed E-state index contributed by atoms with van der Waals surface area (Å²) in [7, 11) is 0. The highest BCUT2D eigenvalue weighted by molar-refractivity contribution is 9.10. The predicted octanol–water partition coefficient (Wildman–Crippen LogP) is 5.80. The lowest BCUT2D eigenvalue weighted by Crippen LogP contribution is -2.11. The molecule has 136 valence electrons. The van der Waals surface area contributed by atoms with Gasteiger partial charge >= 0.3 is 0 Å². The third kappa shape index (κ3) is 4.18. The van der Waals surface area contributed by atoms with Crippen LogP contribution in [0.1, 0.15) is 11.3 Å². The number of hydrogen-bond acceptors (Lipinski definition) is 4. The van der Waals surface area contributed by atoms with Crippen LogP contribution in [0.5, 0.6) is 11.5 Å². The number of rotatable bonds is 5. The molecule has 1 aliphatic rings. The van der Waals surface area contributed by atoms with Crippen molar-refractivity contribution < 1.29 is 13.9 Å². The van der Waals surface area contributed by atoms with E-state index >= 15 is 0 Å². The summed E-state index contributed by atoms with van der Waals surface area (Å²) in [6.45, 7) is 1.63. The molecule has 4 nitrogen and oxygen atoms in total. The van der Waals surface area contributed by atoms with Gasteiger partial charge in [-0.05, 0) is 48.0 Å². The van der Waals surface area contributed by atoms with Crippen LogP contribution in [-0.2, 0) is 13.1 Å². The van der Waals surface area contributed by atoms with Gasteiger partial charge in [0.25, 0.3) is 0 Å². The average Bonchev–Trinajstić information content (AvgIpc) is 3.23. The Hall–Kier alpha value is -1.66. The fourth-order valence-electron chi connectivity index (χ4n) is 2.69. The number of ether oxygens (including phenoxy) is 2. The quantitative estimate of drug-likeness (QED) is 0.526. The van der Waals surface area contributed by atoms with Crippen LogP contribution in [0.25, 0.3) is 11.3 Å². The Labute approximate surface area is 171 Å². The maximum atomic E-state index is 6.28. The summed E-state index contributed by atoms with van der Waals surface area (Å²) in [6.07, 6.45) is 0. The lowest BCUT2D eigenvalue weighted by molar-refractivity contribution is 0.174. The van der Waals surface area contributed by atoms with Gasteiger partial charge in [-0.25, -0.2) is 0 Å². The number of halogens is 3. The molecule has 0 aliphatic carbocycles. The minimum atomic E-state index is 0. The molecule has 0 saturated carbocycles. The van der Waals surface area contributed by atoms with Crippen LogP contribution in [0, 0.1) is 0 Å². The third-order valence-corrected chi connectivity index (χ3v) is 4.73. The van der Waals surface area contributed by atoms with Gasteiger partial charge in [0.05, 0.1) is 11.6 Å². The molecule has 0 saturated heterocycles. The van der Waals surface area contributed by atoms with Gasteiger partial charge in [0.15, 0.2) is 11.5 Å². The molecule has 2 aromatic carbocycles. The van der Waals surface area contributed by atoms with Gasteiger partial charge in [-0.3, -0.25) is 0 Å². The second-order valence-electron chi connectivity index (χ2n) is 5.68. The van der Waals surface area contributed by atoms with E-state index in [0.29, 0.717) is 24.9 Å². The number of furan rings is 1. The van der Waals surface area contributed by atoms with E-state index in [9.17, 15) is 0 Å². The normalized spacial score (nSPS) is 12.1. The summed E-state index contributed by atoms with van der Waals surface area (Å²) in [4.78, 5) is 0. The van der Waals surface area contributed by atoms with Crippen molar-refractivity contribution >= 4 is 39.9 Å². The molecular formula is C19H16BrCl2NO3. The molecule has 0 amide bonds. The highest BCUT2D eigenvalue weighted by Gasteiger charge is 2.13. The van der Waals surface area contributed by atoms with Crippen LogP contribution in [0.15, 0.2) is 57.4 Å². The second kappa shape index (κ2) is 8.35. The monoisotopic (exact) mass is 455 g/mol. The molecule has 26 heavy (non-hydrogen) atoms. The molecule has 7 heteroatoms. The van der Waals surface area contributed by atoms with Crippen LogP contribution in [0.3, 0.4) is 0 Å². The fraction of sp³-hybridized carbons (Fsp3) is 0.158. The molecule has 0 spiro atoms. The molecule has 1 N–H and O–H groups in total. The maximum Gasteiger partial charge on any atom is 0.231 e. The van der Waals surface area contributed by atoms with E-state index in [2.05, 4.69) is 21.2 Å². The highest BCUT2D eigenvalue weighted by Crippen LogP contribution is 2.33. The zero-order valence-corrected chi connectivity index (χ0v) is 16.8. The molecule has 0 radical (unpaired) electrons. The fourth-order valence-corrected chi connectivity index (χ4v) is 3.45.